The standard InChI is InChI=1S/C17H21NO2/c1-3-7-14-8-5-6-9-16(14)20-13-15-10-11-19-17(15)12-18-4-2/h3,5-11,18H,4,12-13H2,1-2H3. The Labute approximate surface area is 120 Å². The Balaban J connectivity index is 2.04. The highest BCUT2D eigenvalue weighted by Gasteiger charge is 2.07. The fourth-order valence-electron chi connectivity index (χ4n) is 1.97. The van der Waals surface area contributed by atoms with Crippen LogP contribution in [0.2, 0.25) is 0 Å². The molecule has 0 saturated heterocycles. The van der Waals surface area contributed by atoms with E-state index in [1.807, 2.05) is 49.4 Å². The van der Waals surface area contributed by atoms with E-state index in [0.29, 0.717) is 6.61 Å². The Hall–Kier alpha value is -2.00. The molecule has 2 rings (SSSR count). The normalized spacial score (nSPS) is 11.1. The minimum atomic E-state index is 0.520. The summed E-state index contributed by atoms with van der Waals surface area (Å²) in [5.74, 6) is 1.83. The molecule has 106 valence electrons. The zero-order chi connectivity index (χ0) is 14.2. The van der Waals surface area contributed by atoms with Gasteiger partial charge < -0.3 is 14.5 Å². The first-order valence-corrected chi connectivity index (χ1v) is 6.95. The van der Waals surface area contributed by atoms with E-state index in [1.54, 1.807) is 6.26 Å². The van der Waals surface area contributed by atoms with E-state index in [0.717, 1.165) is 35.7 Å². The third kappa shape index (κ3) is 3.75. The average Bonchev–Trinajstić information content (AvgIpc) is 2.92. The predicted octanol–water partition coefficient (Wildman–Crippen LogP) is 4.00. The van der Waals surface area contributed by atoms with Crippen LogP contribution in [-0.2, 0) is 13.2 Å². The summed E-state index contributed by atoms with van der Waals surface area (Å²) in [6.07, 6.45) is 5.77. The predicted molar refractivity (Wildman–Crippen MR) is 81.6 cm³/mol. The van der Waals surface area contributed by atoms with Crippen LogP contribution < -0.4 is 10.1 Å². The van der Waals surface area contributed by atoms with Gasteiger partial charge in [0.2, 0.25) is 0 Å². The second-order valence-corrected chi connectivity index (χ2v) is 4.48. The summed E-state index contributed by atoms with van der Waals surface area (Å²) in [7, 11) is 0. The Kier molecular flexibility index (Phi) is 5.44. The maximum atomic E-state index is 5.92. The molecule has 0 unspecified atom stereocenters. The molecular weight excluding hydrogens is 250 g/mol. The fraction of sp³-hybridized carbons (Fsp3) is 0.294. The van der Waals surface area contributed by atoms with Gasteiger partial charge in [-0.2, -0.15) is 0 Å². The number of benzene rings is 1. The number of hydrogen-bond donors (Lipinski definition) is 1. The van der Waals surface area contributed by atoms with Crippen LogP contribution >= 0.6 is 0 Å². The first-order chi connectivity index (χ1) is 9.85. The number of hydrogen-bond acceptors (Lipinski definition) is 3. The van der Waals surface area contributed by atoms with E-state index in [4.69, 9.17) is 9.15 Å². The van der Waals surface area contributed by atoms with Gasteiger partial charge in [0.05, 0.1) is 12.8 Å². The summed E-state index contributed by atoms with van der Waals surface area (Å²) < 4.78 is 11.4. The molecule has 0 aliphatic carbocycles. The smallest absolute Gasteiger partial charge is 0.127 e. The molecule has 0 saturated carbocycles. The van der Waals surface area contributed by atoms with Crippen LogP contribution in [0.1, 0.15) is 30.7 Å². The maximum absolute atomic E-state index is 5.92. The fourth-order valence-corrected chi connectivity index (χ4v) is 1.97. The van der Waals surface area contributed by atoms with Crippen molar-refractivity contribution < 1.29 is 9.15 Å². The van der Waals surface area contributed by atoms with Crippen molar-refractivity contribution in [3.63, 3.8) is 0 Å². The van der Waals surface area contributed by atoms with E-state index >= 15 is 0 Å². The zero-order valence-electron chi connectivity index (χ0n) is 12.1. The van der Waals surface area contributed by atoms with Gasteiger partial charge in [0, 0.05) is 11.1 Å². The molecule has 3 heteroatoms. The molecule has 0 fully saturated rings. The molecule has 0 bridgehead atoms. The molecule has 2 aromatic rings. The number of furan rings is 1. The second kappa shape index (κ2) is 7.56. The van der Waals surface area contributed by atoms with Crippen LogP contribution in [0.15, 0.2) is 47.1 Å². The van der Waals surface area contributed by atoms with Gasteiger partial charge in [0.15, 0.2) is 0 Å². The van der Waals surface area contributed by atoms with Crippen molar-refractivity contribution in [1.82, 2.24) is 5.32 Å². The molecular formula is C17H21NO2. The van der Waals surface area contributed by atoms with Gasteiger partial charge in [-0.3, -0.25) is 0 Å². The number of rotatable bonds is 7. The molecule has 20 heavy (non-hydrogen) atoms. The van der Waals surface area contributed by atoms with E-state index in [2.05, 4.69) is 12.2 Å². The highest BCUT2D eigenvalue weighted by atomic mass is 16.5. The summed E-state index contributed by atoms with van der Waals surface area (Å²) in [5, 5.41) is 3.26. The van der Waals surface area contributed by atoms with Crippen LogP contribution in [-0.4, -0.2) is 6.54 Å². The summed E-state index contributed by atoms with van der Waals surface area (Å²) in [6.45, 7) is 6.25. The van der Waals surface area contributed by atoms with Crippen molar-refractivity contribution in [1.29, 1.82) is 0 Å². The lowest BCUT2D eigenvalue weighted by Crippen LogP contribution is -2.12. The largest absolute Gasteiger partial charge is 0.488 e. The second-order valence-electron chi connectivity index (χ2n) is 4.48. The number of nitrogens with one attached hydrogen (secondary N) is 1. The lowest BCUT2D eigenvalue weighted by atomic mass is 10.2. The lowest BCUT2D eigenvalue weighted by molar-refractivity contribution is 0.301. The SMILES string of the molecule is CC=Cc1ccccc1OCc1ccoc1CNCC. The van der Waals surface area contributed by atoms with Crippen molar-refractivity contribution >= 4 is 6.08 Å². The van der Waals surface area contributed by atoms with Crippen LogP contribution in [0, 0.1) is 0 Å². The topological polar surface area (TPSA) is 34.4 Å². The van der Waals surface area contributed by atoms with Crippen molar-refractivity contribution in [3.8, 4) is 5.75 Å². The quantitative estimate of drug-likeness (QED) is 0.826. The van der Waals surface area contributed by atoms with Crippen molar-refractivity contribution in [2.75, 3.05) is 6.54 Å². The average molecular weight is 271 g/mol. The van der Waals surface area contributed by atoms with Gasteiger partial charge >= 0.3 is 0 Å². The Morgan fingerprint density at radius 1 is 1.25 bits per heavy atom. The highest BCUT2D eigenvalue weighted by molar-refractivity contribution is 5.56. The number of ether oxygens (including phenoxy) is 1. The summed E-state index contributed by atoms with van der Waals surface area (Å²) >= 11 is 0. The molecule has 1 aromatic carbocycles. The third-order valence-corrected chi connectivity index (χ3v) is 3.02. The molecule has 1 heterocycles. The van der Waals surface area contributed by atoms with E-state index in [9.17, 15) is 0 Å². The molecule has 0 atom stereocenters. The Morgan fingerprint density at radius 2 is 2.10 bits per heavy atom. The van der Waals surface area contributed by atoms with E-state index < -0.39 is 0 Å². The van der Waals surface area contributed by atoms with Crippen LogP contribution in [0.25, 0.3) is 6.08 Å². The van der Waals surface area contributed by atoms with Gasteiger partial charge in [0.25, 0.3) is 0 Å². The lowest BCUT2D eigenvalue weighted by Gasteiger charge is -2.09. The Morgan fingerprint density at radius 3 is 2.90 bits per heavy atom. The van der Waals surface area contributed by atoms with Crippen molar-refractivity contribution in [2.45, 2.75) is 27.0 Å². The summed E-state index contributed by atoms with van der Waals surface area (Å²) in [6, 6.07) is 9.99. The summed E-state index contributed by atoms with van der Waals surface area (Å²) in [4.78, 5) is 0. The number of para-hydroxylation sites is 1. The molecule has 0 radical (unpaired) electrons. The first kappa shape index (κ1) is 14.4. The first-order valence-electron chi connectivity index (χ1n) is 6.95. The molecule has 0 aliphatic rings. The molecule has 3 nitrogen and oxygen atoms in total. The Bertz CT molecular complexity index is 558. The minimum Gasteiger partial charge on any atom is -0.488 e. The summed E-state index contributed by atoms with van der Waals surface area (Å²) in [5.41, 5.74) is 2.17. The van der Waals surface area contributed by atoms with Gasteiger partial charge in [-0.15, -0.1) is 0 Å². The minimum absolute atomic E-state index is 0.520. The molecule has 0 amide bonds. The number of allylic oxidation sites excluding steroid dienone is 1. The van der Waals surface area contributed by atoms with Crippen LogP contribution in [0.4, 0.5) is 0 Å². The van der Waals surface area contributed by atoms with E-state index in [1.165, 1.54) is 0 Å². The third-order valence-electron chi connectivity index (χ3n) is 3.02. The van der Waals surface area contributed by atoms with E-state index in [-0.39, 0.29) is 0 Å². The van der Waals surface area contributed by atoms with Gasteiger partial charge in [-0.1, -0.05) is 37.3 Å². The van der Waals surface area contributed by atoms with Crippen LogP contribution in [0.3, 0.4) is 0 Å². The zero-order valence-corrected chi connectivity index (χ0v) is 12.1. The van der Waals surface area contributed by atoms with Crippen molar-refractivity contribution in [2.24, 2.45) is 0 Å². The van der Waals surface area contributed by atoms with Gasteiger partial charge in [-0.25, -0.2) is 0 Å². The highest BCUT2D eigenvalue weighted by Crippen LogP contribution is 2.21. The van der Waals surface area contributed by atoms with Crippen molar-refractivity contribution in [3.05, 3.63) is 59.6 Å². The monoisotopic (exact) mass is 271 g/mol. The molecule has 1 N–H and O–H groups in total. The maximum Gasteiger partial charge on any atom is 0.127 e. The van der Waals surface area contributed by atoms with Gasteiger partial charge in [0.1, 0.15) is 18.1 Å². The molecule has 1 aromatic heterocycles. The molecule has 0 spiro atoms. The van der Waals surface area contributed by atoms with Gasteiger partial charge in [-0.05, 0) is 25.6 Å². The van der Waals surface area contributed by atoms with Crippen LogP contribution in [0.5, 0.6) is 5.75 Å². The molecule has 0 aliphatic heterocycles.